The molecule has 1 heterocycles. The van der Waals surface area contributed by atoms with Gasteiger partial charge in [-0.1, -0.05) is 30.3 Å². The number of anilines is 1. The molecule has 0 aliphatic heterocycles. The summed E-state index contributed by atoms with van der Waals surface area (Å²) in [5, 5.41) is 13.8. The lowest BCUT2D eigenvalue weighted by Gasteiger charge is -2.24. The molecule has 6 heteroatoms. The third-order valence-electron chi connectivity index (χ3n) is 4.15. The van der Waals surface area contributed by atoms with Gasteiger partial charge in [-0.25, -0.2) is 13.4 Å². The average molecular weight is 362 g/mol. The lowest BCUT2D eigenvalue weighted by atomic mass is 9.93. The monoisotopic (exact) mass is 362 g/mol. The molecule has 0 bridgehead atoms. The van der Waals surface area contributed by atoms with Crippen LogP contribution in [-0.4, -0.2) is 29.8 Å². The van der Waals surface area contributed by atoms with Crippen LogP contribution in [0.3, 0.4) is 0 Å². The molecule has 0 fully saturated rings. The van der Waals surface area contributed by atoms with Crippen molar-refractivity contribution in [2.24, 2.45) is 0 Å². The van der Waals surface area contributed by atoms with E-state index in [0.29, 0.717) is 13.0 Å². The van der Waals surface area contributed by atoms with Crippen LogP contribution in [0.5, 0.6) is 0 Å². The number of hydrogen-bond acceptors (Lipinski definition) is 5. The Balaban J connectivity index is 1.99. The molecule has 1 unspecified atom stereocenters. The van der Waals surface area contributed by atoms with Crippen molar-refractivity contribution < 1.29 is 13.5 Å². The van der Waals surface area contributed by atoms with Crippen molar-refractivity contribution in [3.05, 3.63) is 54.2 Å². The largest absolute Gasteiger partial charge is 0.385 e. The summed E-state index contributed by atoms with van der Waals surface area (Å²) in [5.74, 6) is 0. The van der Waals surface area contributed by atoms with Gasteiger partial charge >= 0.3 is 0 Å². The van der Waals surface area contributed by atoms with Crippen molar-refractivity contribution in [2.75, 3.05) is 11.9 Å². The van der Waals surface area contributed by atoms with E-state index >= 15 is 0 Å². The Morgan fingerprint density at radius 3 is 2.20 bits per heavy atom. The topological polar surface area (TPSA) is 79.3 Å². The Kier molecular flexibility index (Phi) is 5.54. The fourth-order valence-electron chi connectivity index (χ4n) is 2.35. The van der Waals surface area contributed by atoms with Crippen LogP contribution < -0.4 is 5.32 Å². The van der Waals surface area contributed by atoms with Crippen LogP contribution in [0.4, 0.5) is 5.69 Å². The first-order valence-electron chi connectivity index (χ1n) is 8.26. The summed E-state index contributed by atoms with van der Waals surface area (Å²) in [5.41, 5.74) is 0.648. The van der Waals surface area contributed by atoms with E-state index in [0.717, 1.165) is 11.3 Å². The fraction of sp³-hybridized carbons (Fsp3) is 0.421. The minimum absolute atomic E-state index is 0.0711. The minimum atomic E-state index is -3.45. The highest BCUT2D eigenvalue weighted by Gasteiger charge is 2.31. The van der Waals surface area contributed by atoms with E-state index in [1.54, 1.807) is 33.8 Å². The summed E-state index contributed by atoms with van der Waals surface area (Å²) >= 11 is 0. The smallest absolute Gasteiger partial charge is 0.200 e. The highest BCUT2D eigenvalue weighted by atomic mass is 32.2. The highest BCUT2D eigenvalue weighted by Crippen LogP contribution is 2.25. The SMILES string of the molecule is CC(O)(CCNc1ccc(S(=O)(=O)C(C)(C)C)nc1)c1ccccc1. The summed E-state index contributed by atoms with van der Waals surface area (Å²) in [6.07, 6.45) is 2.02. The van der Waals surface area contributed by atoms with Crippen LogP contribution >= 0.6 is 0 Å². The molecule has 2 N–H and O–H groups in total. The van der Waals surface area contributed by atoms with Crippen molar-refractivity contribution in [2.45, 2.75) is 49.5 Å². The second-order valence-corrected chi connectivity index (χ2v) is 9.97. The molecule has 1 atom stereocenters. The number of sulfone groups is 1. The number of nitrogens with one attached hydrogen (secondary N) is 1. The molecule has 0 spiro atoms. The van der Waals surface area contributed by atoms with Gasteiger partial charge in [-0.3, -0.25) is 0 Å². The number of rotatable bonds is 6. The molecule has 1 aromatic heterocycles. The normalized spacial score (nSPS) is 14.8. The van der Waals surface area contributed by atoms with E-state index in [4.69, 9.17) is 0 Å². The molecule has 2 rings (SSSR count). The zero-order chi connectivity index (χ0) is 18.7. The maximum Gasteiger partial charge on any atom is 0.200 e. The molecule has 0 aliphatic carbocycles. The predicted molar refractivity (Wildman–Crippen MR) is 100 cm³/mol. The summed E-state index contributed by atoms with van der Waals surface area (Å²) in [7, 11) is -3.45. The van der Waals surface area contributed by atoms with Crippen molar-refractivity contribution in [3.8, 4) is 0 Å². The van der Waals surface area contributed by atoms with E-state index in [-0.39, 0.29) is 5.03 Å². The van der Waals surface area contributed by atoms with Gasteiger partial charge in [-0.15, -0.1) is 0 Å². The number of aromatic nitrogens is 1. The zero-order valence-corrected chi connectivity index (χ0v) is 16.0. The number of benzene rings is 1. The molecule has 0 saturated carbocycles. The van der Waals surface area contributed by atoms with Crippen LogP contribution in [0.1, 0.15) is 39.7 Å². The molecule has 136 valence electrons. The van der Waals surface area contributed by atoms with Gasteiger partial charge in [0.05, 0.1) is 22.2 Å². The molecular weight excluding hydrogens is 336 g/mol. The second kappa shape index (κ2) is 7.14. The van der Waals surface area contributed by atoms with E-state index in [1.165, 1.54) is 12.3 Å². The first-order chi connectivity index (χ1) is 11.5. The standard InChI is InChI=1S/C19H26N2O3S/c1-18(2,3)25(23,24)17-11-10-16(14-21-17)20-13-12-19(4,22)15-8-6-5-7-9-15/h5-11,14,20,22H,12-13H2,1-4H3. The van der Waals surface area contributed by atoms with Gasteiger partial charge in [0.2, 0.25) is 0 Å². The minimum Gasteiger partial charge on any atom is -0.385 e. The maximum atomic E-state index is 12.4. The molecular formula is C19H26N2O3S. The second-order valence-electron chi connectivity index (χ2n) is 7.32. The summed E-state index contributed by atoms with van der Waals surface area (Å²) < 4.78 is 23.8. The third-order valence-corrected chi connectivity index (χ3v) is 6.56. The van der Waals surface area contributed by atoms with E-state index < -0.39 is 20.2 Å². The molecule has 25 heavy (non-hydrogen) atoms. The third kappa shape index (κ3) is 4.58. The van der Waals surface area contributed by atoms with Gasteiger partial charge < -0.3 is 10.4 Å². The van der Waals surface area contributed by atoms with Crippen molar-refractivity contribution in [1.29, 1.82) is 0 Å². The van der Waals surface area contributed by atoms with Crippen LogP contribution in [-0.2, 0) is 15.4 Å². The lowest BCUT2D eigenvalue weighted by Crippen LogP contribution is -2.28. The summed E-state index contributed by atoms with van der Waals surface area (Å²) in [6, 6.07) is 12.7. The zero-order valence-electron chi connectivity index (χ0n) is 15.2. The molecule has 0 aliphatic rings. The Morgan fingerprint density at radius 2 is 1.68 bits per heavy atom. The van der Waals surface area contributed by atoms with Gasteiger partial charge in [0.1, 0.15) is 0 Å². The van der Waals surface area contributed by atoms with Gasteiger partial charge in [-0.05, 0) is 51.8 Å². The highest BCUT2D eigenvalue weighted by molar-refractivity contribution is 7.92. The van der Waals surface area contributed by atoms with E-state index in [1.807, 2.05) is 30.3 Å². The van der Waals surface area contributed by atoms with Crippen LogP contribution in [0.2, 0.25) is 0 Å². The molecule has 2 aromatic rings. The van der Waals surface area contributed by atoms with Gasteiger partial charge in [0, 0.05) is 6.54 Å². The van der Waals surface area contributed by atoms with E-state index in [9.17, 15) is 13.5 Å². The van der Waals surface area contributed by atoms with Crippen molar-refractivity contribution >= 4 is 15.5 Å². The first-order valence-corrected chi connectivity index (χ1v) is 9.75. The number of hydrogen-bond donors (Lipinski definition) is 2. The molecule has 0 amide bonds. The first kappa shape index (κ1) is 19.4. The summed E-state index contributed by atoms with van der Waals surface area (Å²) in [6.45, 7) is 7.28. The van der Waals surface area contributed by atoms with Gasteiger partial charge in [0.25, 0.3) is 0 Å². The molecule has 0 radical (unpaired) electrons. The lowest BCUT2D eigenvalue weighted by molar-refractivity contribution is 0.0515. The fourth-order valence-corrected chi connectivity index (χ4v) is 3.42. The van der Waals surface area contributed by atoms with Crippen LogP contribution in [0.15, 0.2) is 53.7 Å². The molecule has 5 nitrogen and oxygen atoms in total. The van der Waals surface area contributed by atoms with Crippen molar-refractivity contribution in [1.82, 2.24) is 4.98 Å². The number of aliphatic hydroxyl groups is 1. The number of pyridine rings is 1. The Hall–Kier alpha value is -1.92. The summed E-state index contributed by atoms with van der Waals surface area (Å²) in [4.78, 5) is 4.08. The Bertz CT molecular complexity index is 793. The quantitative estimate of drug-likeness (QED) is 0.824. The maximum absolute atomic E-state index is 12.4. The van der Waals surface area contributed by atoms with Crippen LogP contribution in [0.25, 0.3) is 0 Å². The Labute approximate surface area is 150 Å². The average Bonchev–Trinajstić information content (AvgIpc) is 2.55. The Morgan fingerprint density at radius 1 is 1.04 bits per heavy atom. The van der Waals surface area contributed by atoms with Crippen molar-refractivity contribution in [3.63, 3.8) is 0 Å². The van der Waals surface area contributed by atoms with Gasteiger partial charge in [0.15, 0.2) is 14.9 Å². The number of nitrogens with zero attached hydrogens (tertiary/aromatic N) is 1. The van der Waals surface area contributed by atoms with Gasteiger partial charge in [-0.2, -0.15) is 0 Å². The molecule has 0 saturated heterocycles. The molecule has 1 aromatic carbocycles. The van der Waals surface area contributed by atoms with Crippen LogP contribution in [0, 0.1) is 0 Å². The predicted octanol–water partition coefficient (Wildman–Crippen LogP) is 3.36. The van der Waals surface area contributed by atoms with E-state index in [2.05, 4.69) is 10.3 Å².